The molecule has 0 spiro atoms. The van der Waals surface area contributed by atoms with E-state index in [1.165, 1.54) is 32.2 Å². The number of nitrogens with one attached hydrogen (secondary N) is 1. The number of anilines is 1. The molecule has 5 heterocycles. The SMILES string of the molecule is O=C(C[C@H]1CN2CCC1CC2)c1cc2cccc(-c3cccc(NC(=O)c4ccco4)c3)c2o1. The van der Waals surface area contributed by atoms with Gasteiger partial charge in [0, 0.05) is 29.6 Å². The van der Waals surface area contributed by atoms with Gasteiger partial charge in [-0.1, -0.05) is 30.3 Å². The van der Waals surface area contributed by atoms with Crippen molar-refractivity contribution in [2.75, 3.05) is 25.0 Å². The van der Waals surface area contributed by atoms with E-state index in [1.807, 2.05) is 48.5 Å². The highest BCUT2D eigenvalue weighted by Gasteiger charge is 2.35. The minimum Gasteiger partial charge on any atom is -0.459 e. The average molecular weight is 455 g/mol. The number of para-hydroxylation sites is 1. The van der Waals surface area contributed by atoms with Crippen molar-refractivity contribution in [2.45, 2.75) is 19.3 Å². The van der Waals surface area contributed by atoms with Gasteiger partial charge in [0.25, 0.3) is 5.91 Å². The first kappa shape index (κ1) is 20.9. The molecule has 0 unspecified atom stereocenters. The number of nitrogens with zero attached hydrogens (tertiary/aromatic N) is 1. The minimum absolute atomic E-state index is 0.0837. The van der Waals surface area contributed by atoms with Gasteiger partial charge in [-0.05, 0) is 73.7 Å². The lowest BCUT2D eigenvalue weighted by atomic mass is 9.76. The number of piperidine rings is 3. The maximum atomic E-state index is 13.1. The summed E-state index contributed by atoms with van der Waals surface area (Å²) < 4.78 is 11.3. The van der Waals surface area contributed by atoms with Crippen LogP contribution in [-0.2, 0) is 0 Å². The lowest BCUT2D eigenvalue weighted by Gasteiger charge is -2.44. The van der Waals surface area contributed by atoms with Crippen LogP contribution in [0, 0.1) is 11.8 Å². The van der Waals surface area contributed by atoms with Gasteiger partial charge < -0.3 is 19.1 Å². The molecule has 1 N–H and O–H groups in total. The highest BCUT2D eigenvalue weighted by molar-refractivity contribution is 6.03. The van der Waals surface area contributed by atoms with Crippen molar-refractivity contribution >= 4 is 28.3 Å². The topological polar surface area (TPSA) is 75.7 Å². The summed E-state index contributed by atoms with van der Waals surface area (Å²) in [4.78, 5) is 28.0. The number of ketones is 1. The molecule has 3 fully saturated rings. The largest absolute Gasteiger partial charge is 0.459 e. The molecule has 1 atom stereocenters. The summed E-state index contributed by atoms with van der Waals surface area (Å²) in [6.07, 6.45) is 4.42. The van der Waals surface area contributed by atoms with Crippen LogP contribution in [0.2, 0.25) is 0 Å². The van der Waals surface area contributed by atoms with E-state index in [9.17, 15) is 9.59 Å². The number of furan rings is 2. The predicted octanol–water partition coefficient (Wildman–Crippen LogP) is 5.86. The molecule has 172 valence electrons. The van der Waals surface area contributed by atoms with Crippen LogP contribution in [0.4, 0.5) is 5.69 Å². The summed E-state index contributed by atoms with van der Waals surface area (Å²) in [5.41, 5.74) is 3.12. The van der Waals surface area contributed by atoms with E-state index in [-0.39, 0.29) is 17.5 Å². The van der Waals surface area contributed by atoms with Crippen LogP contribution < -0.4 is 5.32 Å². The zero-order valence-corrected chi connectivity index (χ0v) is 18.8. The highest BCUT2D eigenvalue weighted by atomic mass is 16.3. The zero-order valence-electron chi connectivity index (χ0n) is 18.8. The number of carbonyl (C=O) groups excluding carboxylic acids is 2. The second-order valence-corrected chi connectivity index (χ2v) is 9.37. The Morgan fingerprint density at radius 1 is 0.971 bits per heavy atom. The van der Waals surface area contributed by atoms with E-state index in [2.05, 4.69) is 10.2 Å². The molecule has 2 bridgehead atoms. The van der Waals surface area contributed by atoms with Crippen LogP contribution in [0.15, 0.2) is 75.8 Å². The lowest BCUT2D eigenvalue weighted by molar-refractivity contribution is 0.0433. The van der Waals surface area contributed by atoms with Crippen molar-refractivity contribution in [3.63, 3.8) is 0 Å². The van der Waals surface area contributed by atoms with E-state index >= 15 is 0 Å². The summed E-state index contributed by atoms with van der Waals surface area (Å²) in [6, 6.07) is 18.6. The third kappa shape index (κ3) is 3.94. The molecule has 34 heavy (non-hydrogen) atoms. The molecular weight excluding hydrogens is 428 g/mol. The van der Waals surface area contributed by atoms with Gasteiger partial charge in [-0.2, -0.15) is 0 Å². The third-order valence-corrected chi connectivity index (χ3v) is 7.23. The van der Waals surface area contributed by atoms with Gasteiger partial charge in [0.2, 0.25) is 0 Å². The number of hydrogen-bond acceptors (Lipinski definition) is 5. The summed E-state index contributed by atoms with van der Waals surface area (Å²) in [7, 11) is 0. The standard InChI is InChI=1S/C28H26N2O4/c31-24(15-21-17-30-11-9-18(21)10-12-30)26-16-20-5-2-7-23(27(20)34-26)19-4-1-6-22(14-19)29-28(32)25-8-3-13-33-25/h1-8,13-14,16,18,21H,9-12,15,17H2,(H,29,32)/t21-/m0/s1. The van der Waals surface area contributed by atoms with Crippen molar-refractivity contribution in [3.05, 3.63) is 78.4 Å². The molecule has 2 aromatic heterocycles. The Labute approximate surface area is 197 Å². The molecule has 2 aromatic carbocycles. The molecule has 6 nitrogen and oxygen atoms in total. The van der Waals surface area contributed by atoms with Crippen molar-refractivity contribution in [1.29, 1.82) is 0 Å². The molecule has 0 aliphatic carbocycles. The number of hydrogen-bond donors (Lipinski definition) is 1. The van der Waals surface area contributed by atoms with Crippen molar-refractivity contribution in [3.8, 4) is 11.1 Å². The summed E-state index contributed by atoms with van der Waals surface area (Å²) in [6.45, 7) is 3.37. The van der Waals surface area contributed by atoms with E-state index in [4.69, 9.17) is 8.83 Å². The Kier molecular flexibility index (Phi) is 5.30. The highest BCUT2D eigenvalue weighted by Crippen LogP contribution is 2.36. The first-order chi connectivity index (χ1) is 16.6. The van der Waals surface area contributed by atoms with Gasteiger partial charge in [0.05, 0.1) is 6.26 Å². The Morgan fingerprint density at radius 2 is 1.82 bits per heavy atom. The second-order valence-electron chi connectivity index (χ2n) is 9.37. The van der Waals surface area contributed by atoms with E-state index < -0.39 is 0 Å². The van der Waals surface area contributed by atoms with E-state index in [0.717, 1.165) is 23.1 Å². The van der Waals surface area contributed by atoms with E-state index in [0.29, 0.717) is 35.3 Å². The van der Waals surface area contributed by atoms with Gasteiger partial charge in [0.1, 0.15) is 5.58 Å². The van der Waals surface area contributed by atoms with Crippen molar-refractivity contribution in [1.82, 2.24) is 4.90 Å². The number of benzene rings is 2. The van der Waals surface area contributed by atoms with Gasteiger partial charge in [-0.25, -0.2) is 0 Å². The average Bonchev–Trinajstić information content (AvgIpc) is 3.55. The molecule has 3 aliphatic rings. The van der Waals surface area contributed by atoms with Crippen molar-refractivity contribution < 1.29 is 18.4 Å². The minimum atomic E-state index is -0.306. The molecule has 3 saturated heterocycles. The molecule has 3 aliphatic heterocycles. The maximum Gasteiger partial charge on any atom is 0.291 e. The smallest absolute Gasteiger partial charge is 0.291 e. The van der Waals surface area contributed by atoms with Gasteiger partial charge in [-0.3, -0.25) is 9.59 Å². The molecule has 0 radical (unpaired) electrons. The third-order valence-electron chi connectivity index (χ3n) is 7.23. The monoisotopic (exact) mass is 454 g/mol. The molecular formula is C28H26N2O4. The van der Waals surface area contributed by atoms with Crippen LogP contribution in [-0.4, -0.2) is 36.2 Å². The Bertz CT molecular complexity index is 1350. The fraction of sp³-hybridized carbons (Fsp3) is 0.286. The molecule has 4 aromatic rings. The first-order valence-corrected chi connectivity index (χ1v) is 11.9. The number of amides is 1. The van der Waals surface area contributed by atoms with Crippen LogP contribution in [0.3, 0.4) is 0 Å². The molecule has 1 amide bonds. The summed E-state index contributed by atoms with van der Waals surface area (Å²) in [5.74, 6) is 1.55. The summed E-state index contributed by atoms with van der Waals surface area (Å²) >= 11 is 0. The predicted molar refractivity (Wildman–Crippen MR) is 130 cm³/mol. The van der Waals surface area contributed by atoms with Crippen molar-refractivity contribution in [2.24, 2.45) is 11.8 Å². The van der Waals surface area contributed by atoms with Gasteiger partial charge >= 0.3 is 0 Å². The fourth-order valence-corrected chi connectivity index (χ4v) is 5.45. The summed E-state index contributed by atoms with van der Waals surface area (Å²) in [5, 5.41) is 3.77. The molecule has 7 rings (SSSR count). The normalized spacial score (nSPS) is 21.6. The van der Waals surface area contributed by atoms with Crippen LogP contribution >= 0.6 is 0 Å². The number of Topliss-reactive ketones (excluding diaryl/α,β-unsaturated/α-hetero) is 1. The van der Waals surface area contributed by atoms with Crippen LogP contribution in [0.25, 0.3) is 22.1 Å². The number of carbonyl (C=O) groups is 2. The zero-order chi connectivity index (χ0) is 23.1. The second kappa shape index (κ2) is 8.61. The Hall–Kier alpha value is -3.64. The molecule has 0 saturated carbocycles. The first-order valence-electron chi connectivity index (χ1n) is 11.9. The number of fused-ring (bicyclic) bond motifs is 4. The van der Waals surface area contributed by atoms with E-state index in [1.54, 1.807) is 12.1 Å². The van der Waals surface area contributed by atoms with Gasteiger partial charge in [-0.15, -0.1) is 0 Å². The quantitative estimate of drug-likeness (QED) is 0.369. The maximum absolute atomic E-state index is 13.1. The van der Waals surface area contributed by atoms with Crippen LogP contribution in [0.1, 0.15) is 40.4 Å². The number of rotatable bonds is 6. The fourth-order valence-electron chi connectivity index (χ4n) is 5.45. The Morgan fingerprint density at radius 3 is 2.59 bits per heavy atom. The van der Waals surface area contributed by atoms with Crippen LogP contribution in [0.5, 0.6) is 0 Å². The Balaban J connectivity index is 1.25. The van der Waals surface area contributed by atoms with Gasteiger partial charge in [0.15, 0.2) is 17.3 Å². The molecule has 6 heteroatoms. The lowest BCUT2D eigenvalue weighted by Crippen LogP contribution is -2.47.